The molecule has 0 aromatic heterocycles. The Morgan fingerprint density at radius 2 is 2.06 bits per heavy atom. The quantitative estimate of drug-likeness (QED) is 0.791. The smallest absolute Gasteiger partial charge is 0.311 e. The number of hydrogen-bond acceptors (Lipinski definition) is 5. The number of benzene rings is 1. The summed E-state index contributed by atoms with van der Waals surface area (Å²) in [5.74, 6) is -1.24. The van der Waals surface area contributed by atoms with Crippen molar-refractivity contribution in [3.63, 3.8) is 0 Å². The molecule has 0 radical (unpaired) electrons. The molecular weight excluding hydrogens is 240 g/mol. The lowest BCUT2D eigenvalue weighted by molar-refractivity contribution is -0.144. The summed E-state index contributed by atoms with van der Waals surface area (Å²) in [7, 11) is 0. The van der Waals surface area contributed by atoms with Gasteiger partial charge in [0.05, 0.1) is 6.42 Å². The molecule has 2 aliphatic rings. The van der Waals surface area contributed by atoms with Gasteiger partial charge in [0.1, 0.15) is 12.0 Å². The maximum absolute atomic E-state index is 11.2. The molecule has 2 heterocycles. The van der Waals surface area contributed by atoms with Gasteiger partial charge < -0.3 is 19.3 Å². The Morgan fingerprint density at radius 1 is 1.28 bits per heavy atom. The molecule has 18 heavy (non-hydrogen) atoms. The predicted molar refractivity (Wildman–Crippen MR) is 57.1 cm³/mol. The van der Waals surface area contributed by atoms with Crippen LogP contribution >= 0.6 is 0 Å². The fourth-order valence-electron chi connectivity index (χ4n) is 2.17. The topological polar surface area (TPSA) is 82.1 Å². The summed E-state index contributed by atoms with van der Waals surface area (Å²) < 4.78 is 15.4. The van der Waals surface area contributed by atoms with E-state index in [-0.39, 0.29) is 13.2 Å². The van der Waals surface area contributed by atoms with Gasteiger partial charge in [-0.05, 0) is 17.7 Å². The molecule has 0 amide bonds. The van der Waals surface area contributed by atoms with E-state index in [0.717, 1.165) is 0 Å². The molecule has 3 rings (SSSR count). The van der Waals surface area contributed by atoms with Crippen LogP contribution in [0.2, 0.25) is 0 Å². The van der Waals surface area contributed by atoms with E-state index in [2.05, 4.69) is 0 Å². The zero-order chi connectivity index (χ0) is 12.7. The van der Waals surface area contributed by atoms with Crippen molar-refractivity contribution in [2.24, 2.45) is 5.92 Å². The van der Waals surface area contributed by atoms with Gasteiger partial charge in [0.25, 0.3) is 0 Å². The highest BCUT2D eigenvalue weighted by Crippen LogP contribution is 2.40. The van der Waals surface area contributed by atoms with Crippen LogP contribution in [0.25, 0.3) is 0 Å². The van der Waals surface area contributed by atoms with E-state index in [1.165, 1.54) is 0 Å². The minimum atomic E-state index is -1.04. The van der Waals surface area contributed by atoms with Crippen LogP contribution in [0.4, 0.5) is 0 Å². The normalized spacial score (nSPS) is 25.0. The maximum Gasteiger partial charge on any atom is 0.311 e. The van der Waals surface area contributed by atoms with Crippen molar-refractivity contribution >= 4 is 11.9 Å². The molecule has 1 aromatic rings. The summed E-state index contributed by atoms with van der Waals surface area (Å²) in [6.07, 6.45) is -0.862. The third-order valence-electron chi connectivity index (χ3n) is 3.05. The van der Waals surface area contributed by atoms with Gasteiger partial charge >= 0.3 is 11.9 Å². The second-order valence-corrected chi connectivity index (χ2v) is 4.17. The zero-order valence-corrected chi connectivity index (χ0v) is 9.29. The van der Waals surface area contributed by atoms with Crippen molar-refractivity contribution in [3.05, 3.63) is 23.8 Å². The van der Waals surface area contributed by atoms with E-state index < -0.39 is 24.0 Å². The van der Waals surface area contributed by atoms with Crippen molar-refractivity contribution in [2.45, 2.75) is 12.5 Å². The van der Waals surface area contributed by atoms with Crippen molar-refractivity contribution in [2.75, 3.05) is 6.79 Å². The Hall–Kier alpha value is -2.24. The number of rotatable bonds is 2. The summed E-state index contributed by atoms with van der Waals surface area (Å²) in [6, 6.07) is 5.02. The summed E-state index contributed by atoms with van der Waals surface area (Å²) in [5, 5.41) is 9.07. The van der Waals surface area contributed by atoms with E-state index in [9.17, 15) is 9.59 Å². The van der Waals surface area contributed by atoms with Crippen LogP contribution in [0.3, 0.4) is 0 Å². The fourth-order valence-corrected chi connectivity index (χ4v) is 2.17. The molecule has 1 saturated heterocycles. The Balaban J connectivity index is 1.94. The lowest BCUT2D eigenvalue weighted by atomic mass is 9.95. The fraction of sp³-hybridized carbons (Fsp3) is 0.333. The summed E-state index contributed by atoms with van der Waals surface area (Å²) >= 11 is 0. The largest absolute Gasteiger partial charge is 0.481 e. The molecule has 6 nitrogen and oxygen atoms in total. The first-order valence-electron chi connectivity index (χ1n) is 5.47. The Morgan fingerprint density at radius 3 is 2.83 bits per heavy atom. The molecule has 94 valence electrons. The van der Waals surface area contributed by atoms with Crippen LogP contribution in [0.5, 0.6) is 11.5 Å². The highest BCUT2D eigenvalue weighted by molar-refractivity contribution is 5.82. The third-order valence-corrected chi connectivity index (χ3v) is 3.05. The number of ether oxygens (including phenoxy) is 3. The number of carboxylic acid groups (broad SMARTS) is 1. The van der Waals surface area contributed by atoms with Gasteiger partial charge in [-0.2, -0.15) is 0 Å². The van der Waals surface area contributed by atoms with Crippen molar-refractivity contribution in [1.82, 2.24) is 0 Å². The molecule has 2 aliphatic heterocycles. The number of carbonyl (C=O) groups excluding carboxylic acids is 1. The highest BCUT2D eigenvalue weighted by Gasteiger charge is 2.41. The number of hydrogen-bond donors (Lipinski definition) is 1. The Bertz CT molecular complexity index is 523. The molecule has 0 aliphatic carbocycles. The monoisotopic (exact) mass is 250 g/mol. The van der Waals surface area contributed by atoms with Gasteiger partial charge in [-0.25, -0.2) is 0 Å². The lowest BCUT2D eigenvalue weighted by Crippen LogP contribution is -2.17. The number of cyclic esters (lactones) is 1. The van der Waals surface area contributed by atoms with E-state index in [1.807, 2.05) is 0 Å². The summed E-state index contributed by atoms with van der Waals surface area (Å²) in [4.78, 5) is 22.3. The average molecular weight is 250 g/mol. The minimum Gasteiger partial charge on any atom is -0.481 e. The zero-order valence-electron chi connectivity index (χ0n) is 9.29. The van der Waals surface area contributed by atoms with Crippen LogP contribution in [0.1, 0.15) is 18.1 Å². The molecule has 0 bridgehead atoms. The average Bonchev–Trinajstić information content (AvgIpc) is 2.93. The molecule has 1 N–H and O–H groups in total. The third kappa shape index (κ3) is 1.66. The number of aliphatic carboxylic acids is 1. The SMILES string of the molecule is O=C1C[C@@H](C(=O)O)[C@@H](c2ccc3c(c2)OCO3)O1. The molecule has 0 spiro atoms. The van der Waals surface area contributed by atoms with Gasteiger partial charge in [0.15, 0.2) is 11.5 Å². The number of carbonyl (C=O) groups is 2. The summed E-state index contributed by atoms with van der Waals surface area (Å²) in [5.41, 5.74) is 0.609. The number of fused-ring (bicyclic) bond motifs is 1. The van der Waals surface area contributed by atoms with Gasteiger partial charge in [-0.1, -0.05) is 6.07 Å². The Kier molecular flexibility index (Phi) is 2.36. The predicted octanol–water partition coefficient (Wildman–Crippen LogP) is 1.10. The van der Waals surface area contributed by atoms with Crippen molar-refractivity contribution in [1.29, 1.82) is 0 Å². The van der Waals surface area contributed by atoms with Crippen molar-refractivity contribution in [3.8, 4) is 11.5 Å². The highest BCUT2D eigenvalue weighted by atomic mass is 16.7. The maximum atomic E-state index is 11.2. The lowest BCUT2D eigenvalue weighted by Gasteiger charge is -2.14. The first-order chi connectivity index (χ1) is 8.65. The van der Waals surface area contributed by atoms with E-state index in [1.54, 1.807) is 18.2 Å². The van der Waals surface area contributed by atoms with E-state index >= 15 is 0 Å². The van der Waals surface area contributed by atoms with Crippen molar-refractivity contribution < 1.29 is 28.9 Å². The standard InChI is InChI=1S/C12H10O6/c13-10-4-7(12(14)15)11(18-10)6-1-2-8-9(3-6)17-5-16-8/h1-3,7,11H,4-5H2,(H,14,15)/t7-,11-/m1/s1. The first-order valence-corrected chi connectivity index (χ1v) is 5.47. The molecule has 0 saturated carbocycles. The second kappa shape index (κ2) is 3.90. The second-order valence-electron chi connectivity index (χ2n) is 4.17. The van der Waals surface area contributed by atoms with Crippen LogP contribution in [-0.4, -0.2) is 23.8 Å². The molecule has 1 fully saturated rings. The number of carboxylic acids is 1. The van der Waals surface area contributed by atoms with Gasteiger partial charge in [-0.15, -0.1) is 0 Å². The van der Waals surface area contributed by atoms with Gasteiger partial charge in [0, 0.05) is 0 Å². The van der Waals surface area contributed by atoms with Gasteiger partial charge in [-0.3, -0.25) is 9.59 Å². The van der Waals surface area contributed by atoms with Crippen LogP contribution < -0.4 is 9.47 Å². The minimum absolute atomic E-state index is 0.103. The van der Waals surface area contributed by atoms with Crippen LogP contribution in [0, 0.1) is 5.92 Å². The van der Waals surface area contributed by atoms with Crippen LogP contribution in [-0.2, 0) is 14.3 Å². The van der Waals surface area contributed by atoms with E-state index in [4.69, 9.17) is 19.3 Å². The molecule has 6 heteroatoms. The molecule has 2 atom stereocenters. The molecular formula is C12H10O6. The molecule has 1 aromatic carbocycles. The molecule has 0 unspecified atom stereocenters. The summed E-state index contributed by atoms with van der Waals surface area (Å²) in [6.45, 7) is 0.144. The number of esters is 1. The first kappa shape index (κ1) is 10.9. The van der Waals surface area contributed by atoms with E-state index in [0.29, 0.717) is 17.1 Å². The van der Waals surface area contributed by atoms with Gasteiger partial charge in [0.2, 0.25) is 6.79 Å². The Labute approximate surface area is 102 Å². The van der Waals surface area contributed by atoms with Crippen LogP contribution in [0.15, 0.2) is 18.2 Å².